The van der Waals surface area contributed by atoms with Crippen molar-refractivity contribution in [2.45, 2.75) is 83.1 Å². The Balaban J connectivity index is -0.0000000578. The van der Waals surface area contributed by atoms with Crippen molar-refractivity contribution in [3.63, 3.8) is 0 Å². The molecule has 5 heteroatoms. The van der Waals surface area contributed by atoms with Gasteiger partial charge in [0.15, 0.2) is 0 Å². The fourth-order valence-corrected chi connectivity index (χ4v) is 1.92. The quantitative estimate of drug-likeness (QED) is 0.158. The standard InChI is InChI=1S/5C6H6.C2H6O2S.2C2H6O.6C2H6/c5*1-2-4-6-5-3-1;1-5(2,3)4;2*1-3-2;6*1-2/h5*1-6H;1-2H3;2*1-2H3;6*1-2H3. The average Bonchev–Trinajstić information content (AvgIpc) is 3.26. The molecule has 4 nitrogen and oxygen atoms in total. The van der Waals surface area contributed by atoms with E-state index in [1.807, 2.05) is 265 Å². The van der Waals surface area contributed by atoms with Crippen LogP contribution in [0.4, 0.5) is 0 Å². The van der Waals surface area contributed by atoms with E-state index in [0.29, 0.717) is 0 Å². The van der Waals surface area contributed by atoms with Gasteiger partial charge in [-0.2, -0.15) is 0 Å². The number of rotatable bonds is 0. The van der Waals surface area contributed by atoms with E-state index < -0.39 is 9.84 Å². The number of methoxy groups -OCH3 is 2. The molecular formula is C48H84O4S. The Morgan fingerprint density at radius 3 is 0.264 bits per heavy atom. The molecule has 0 fully saturated rings. The van der Waals surface area contributed by atoms with E-state index in [4.69, 9.17) is 0 Å². The zero-order valence-corrected chi connectivity index (χ0v) is 38.2. The monoisotopic (exact) mass is 757 g/mol. The molecule has 0 heterocycles. The van der Waals surface area contributed by atoms with Gasteiger partial charge in [-0.25, -0.2) is 8.42 Å². The summed E-state index contributed by atoms with van der Waals surface area (Å²) >= 11 is 0. The van der Waals surface area contributed by atoms with E-state index in [1.165, 1.54) is 0 Å². The third kappa shape index (κ3) is 150. The second kappa shape index (κ2) is 91.7. The summed E-state index contributed by atoms with van der Waals surface area (Å²) < 4.78 is 27.8. The van der Waals surface area contributed by atoms with Gasteiger partial charge in [-0.1, -0.05) is 265 Å². The van der Waals surface area contributed by atoms with Gasteiger partial charge in [0.1, 0.15) is 9.84 Å². The van der Waals surface area contributed by atoms with Crippen LogP contribution in [0.2, 0.25) is 0 Å². The zero-order chi connectivity index (χ0) is 43.1. The highest BCUT2D eigenvalue weighted by molar-refractivity contribution is 7.89. The van der Waals surface area contributed by atoms with E-state index in [0.717, 1.165) is 12.5 Å². The largest absolute Gasteiger partial charge is 0.388 e. The van der Waals surface area contributed by atoms with Gasteiger partial charge in [0.2, 0.25) is 0 Å². The van der Waals surface area contributed by atoms with Crippen molar-refractivity contribution >= 4 is 9.84 Å². The molecule has 5 aromatic carbocycles. The van der Waals surface area contributed by atoms with E-state index >= 15 is 0 Å². The van der Waals surface area contributed by atoms with E-state index in [9.17, 15) is 8.42 Å². The Labute approximate surface area is 332 Å². The molecular weight excluding hydrogens is 673 g/mol. The first-order valence-electron chi connectivity index (χ1n) is 18.8. The zero-order valence-electron chi connectivity index (χ0n) is 37.4. The molecule has 0 bridgehead atoms. The number of sulfone groups is 1. The van der Waals surface area contributed by atoms with Crippen LogP contribution in [0, 0.1) is 0 Å². The van der Waals surface area contributed by atoms with Crippen molar-refractivity contribution in [1.29, 1.82) is 0 Å². The molecule has 0 aromatic heterocycles. The molecule has 0 aliphatic heterocycles. The van der Waals surface area contributed by atoms with Gasteiger partial charge in [-0.15, -0.1) is 0 Å². The average molecular weight is 757 g/mol. The van der Waals surface area contributed by atoms with Crippen LogP contribution in [0.15, 0.2) is 182 Å². The molecule has 5 aromatic rings. The highest BCUT2D eigenvalue weighted by atomic mass is 32.2. The lowest BCUT2D eigenvalue weighted by Gasteiger charge is -1.69. The summed E-state index contributed by atoms with van der Waals surface area (Å²) in [6, 6.07) is 60.0. The topological polar surface area (TPSA) is 52.6 Å². The second-order valence-electron chi connectivity index (χ2n) is 7.73. The smallest absolute Gasteiger partial charge is 0.144 e. The van der Waals surface area contributed by atoms with Crippen LogP contribution in [-0.4, -0.2) is 49.4 Å². The van der Waals surface area contributed by atoms with Crippen LogP contribution in [-0.2, 0) is 19.3 Å². The molecule has 0 amide bonds. The second-order valence-corrected chi connectivity index (χ2v) is 10.0. The van der Waals surface area contributed by atoms with Gasteiger partial charge in [-0.3, -0.25) is 0 Å². The summed E-state index contributed by atoms with van der Waals surface area (Å²) in [5, 5.41) is 0. The first-order valence-corrected chi connectivity index (χ1v) is 21.1. The maximum atomic E-state index is 9.63. The molecule has 0 spiro atoms. The Hall–Kier alpha value is -4.03. The Bertz CT molecular complexity index is 802. The van der Waals surface area contributed by atoms with Crippen LogP contribution < -0.4 is 0 Å². The molecule has 53 heavy (non-hydrogen) atoms. The van der Waals surface area contributed by atoms with Gasteiger partial charge >= 0.3 is 0 Å². The van der Waals surface area contributed by atoms with Crippen LogP contribution >= 0.6 is 0 Å². The van der Waals surface area contributed by atoms with Crippen molar-refractivity contribution in [3.8, 4) is 0 Å². The molecule has 0 unspecified atom stereocenters. The van der Waals surface area contributed by atoms with Crippen molar-refractivity contribution in [2.24, 2.45) is 0 Å². The predicted molar refractivity (Wildman–Crippen MR) is 247 cm³/mol. The molecule has 0 saturated heterocycles. The van der Waals surface area contributed by atoms with Gasteiger partial charge < -0.3 is 9.47 Å². The maximum absolute atomic E-state index is 9.63. The third-order valence-electron chi connectivity index (χ3n) is 3.33. The van der Waals surface area contributed by atoms with E-state index in [1.54, 1.807) is 28.4 Å². The fraction of sp³-hybridized carbons (Fsp3) is 0.375. The lowest BCUT2D eigenvalue weighted by atomic mass is 10.4. The molecule has 0 N–H and O–H groups in total. The Kier molecular flexibility index (Phi) is 122. The maximum Gasteiger partial charge on any atom is 0.144 e. The summed E-state index contributed by atoms with van der Waals surface area (Å²) in [5.41, 5.74) is 0. The third-order valence-corrected chi connectivity index (χ3v) is 3.33. The summed E-state index contributed by atoms with van der Waals surface area (Å²) in [7, 11) is 3.83. The number of hydrogen-bond donors (Lipinski definition) is 0. The van der Waals surface area contributed by atoms with E-state index in [-0.39, 0.29) is 0 Å². The van der Waals surface area contributed by atoms with Gasteiger partial charge in [0, 0.05) is 41.0 Å². The van der Waals surface area contributed by atoms with Crippen LogP contribution in [0.5, 0.6) is 0 Å². The molecule has 0 radical (unpaired) electrons. The molecule has 5 rings (SSSR count). The minimum absolute atomic E-state index is 1.16. The van der Waals surface area contributed by atoms with Crippen LogP contribution in [0.25, 0.3) is 0 Å². The minimum Gasteiger partial charge on any atom is -0.388 e. The van der Waals surface area contributed by atoms with Crippen LogP contribution in [0.3, 0.4) is 0 Å². The van der Waals surface area contributed by atoms with E-state index in [2.05, 4.69) is 9.47 Å². The van der Waals surface area contributed by atoms with Gasteiger partial charge in [0.05, 0.1) is 0 Å². The summed E-state index contributed by atoms with van der Waals surface area (Å²) in [5.74, 6) is 0. The predicted octanol–water partition coefficient (Wildman–Crippen LogP) is 14.8. The molecule has 0 aliphatic carbocycles. The lowest BCUT2D eigenvalue weighted by Crippen LogP contribution is -1.86. The highest BCUT2D eigenvalue weighted by Gasteiger charge is 1.79. The van der Waals surface area contributed by atoms with Crippen molar-refractivity contribution in [2.75, 3.05) is 41.0 Å². The molecule has 0 saturated carbocycles. The van der Waals surface area contributed by atoms with Crippen molar-refractivity contribution in [1.82, 2.24) is 0 Å². The van der Waals surface area contributed by atoms with Crippen molar-refractivity contribution < 1.29 is 17.9 Å². The summed E-state index contributed by atoms with van der Waals surface area (Å²) in [6.45, 7) is 24.0. The highest BCUT2D eigenvalue weighted by Crippen LogP contribution is 1.82. The summed E-state index contributed by atoms with van der Waals surface area (Å²) in [6.07, 6.45) is 2.32. The lowest BCUT2D eigenvalue weighted by molar-refractivity contribution is 0.277. The minimum atomic E-state index is -2.67. The number of ether oxygens (including phenoxy) is 2. The Morgan fingerprint density at radius 2 is 0.245 bits per heavy atom. The fourth-order valence-electron chi connectivity index (χ4n) is 1.92. The summed E-state index contributed by atoms with van der Waals surface area (Å²) in [4.78, 5) is 0. The molecule has 0 aliphatic rings. The number of benzene rings is 5. The van der Waals surface area contributed by atoms with Crippen LogP contribution in [0.1, 0.15) is 83.1 Å². The first-order chi connectivity index (χ1) is 25.8. The van der Waals surface area contributed by atoms with Gasteiger partial charge in [0.25, 0.3) is 0 Å². The van der Waals surface area contributed by atoms with Gasteiger partial charge in [-0.05, 0) is 0 Å². The number of hydrogen-bond acceptors (Lipinski definition) is 4. The molecule has 306 valence electrons. The Morgan fingerprint density at radius 1 is 0.226 bits per heavy atom. The molecule has 0 atom stereocenters. The first kappa shape index (κ1) is 70.5. The van der Waals surface area contributed by atoms with Crippen molar-refractivity contribution in [3.05, 3.63) is 182 Å². The normalized spacial score (nSPS) is 6.98. The SMILES string of the molecule is CC.CC.CC.CC.CC.CC.COC.COC.CS(C)(=O)=O.c1ccccc1.c1ccccc1.c1ccccc1.c1ccccc1.c1ccccc1.